The van der Waals surface area contributed by atoms with Crippen molar-refractivity contribution < 1.29 is 14.3 Å². The molecule has 0 aliphatic carbocycles. The van der Waals surface area contributed by atoms with Crippen molar-refractivity contribution >= 4 is 12.0 Å². The largest absolute Gasteiger partial charge is 0.494 e. The third-order valence-electron chi connectivity index (χ3n) is 5.87. The van der Waals surface area contributed by atoms with Crippen LogP contribution in [0.3, 0.4) is 0 Å². The van der Waals surface area contributed by atoms with Crippen molar-refractivity contribution in [3.8, 4) is 28.8 Å². The quantitative estimate of drug-likeness (QED) is 0.357. The molecule has 0 bridgehead atoms. The lowest BCUT2D eigenvalue weighted by Crippen LogP contribution is -2.32. The number of nitrogens with zero attached hydrogens (tertiary/aromatic N) is 3. The first-order valence-corrected chi connectivity index (χ1v) is 12.0. The van der Waals surface area contributed by atoms with Crippen molar-refractivity contribution in [2.45, 2.75) is 39.2 Å². The second kappa shape index (κ2) is 11.5. The molecular formula is C28H30N4O3. The Morgan fingerprint density at radius 2 is 2.14 bits per heavy atom. The van der Waals surface area contributed by atoms with E-state index in [0.717, 1.165) is 41.8 Å². The molecule has 2 heterocycles. The van der Waals surface area contributed by atoms with Crippen molar-refractivity contribution in [2.75, 3.05) is 19.8 Å². The van der Waals surface area contributed by atoms with Gasteiger partial charge < -0.3 is 14.8 Å². The number of benzene rings is 2. The van der Waals surface area contributed by atoms with Crippen LogP contribution >= 0.6 is 0 Å². The molecule has 180 valence electrons. The molecule has 3 aromatic rings. The van der Waals surface area contributed by atoms with Crippen LogP contribution in [-0.2, 0) is 9.53 Å². The zero-order valence-corrected chi connectivity index (χ0v) is 20.2. The summed E-state index contributed by atoms with van der Waals surface area (Å²) in [5, 5.41) is 17.4. The Kier molecular flexibility index (Phi) is 7.96. The number of nitriles is 1. The molecule has 1 amide bonds. The Balaban J connectivity index is 1.69. The number of nitrogens with one attached hydrogen (secondary N) is 1. The zero-order valence-electron chi connectivity index (χ0n) is 20.2. The fourth-order valence-corrected chi connectivity index (χ4v) is 4.04. The molecular weight excluding hydrogens is 440 g/mol. The summed E-state index contributed by atoms with van der Waals surface area (Å²) >= 11 is 0. The molecule has 0 radical (unpaired) electrons. The Labute approximate surface area is 206 Å². The molecule has 7 heteroatoms. The van der Waals surface area contributed by atoms with Gasteiger partial charge in [-0.3, -0.25) is 4.79 Å². The minimum absolute atomic E-state index is 0.00590. The average Bonchev–Trinajstić information content (AvgIpc) is 3.55. The number of hydrogen-bond donors (Lipinski definition) is 1. The zero-order chi connectivity index (χ0) is 24.6. The van der Waals surface area contributed by atoms with Crippen molar-refractivity contribution in [3.63, 3.8) is 0 Å². The van der Waals surface area contributed by atoms with Gasteiger partial charge in [-0.25, -0.2) is 4.68 Å². The lowest BCUT2D eigenvalue weighted by atomic mass is 10.0. The Morgan fingerprint density at radius 3 is 2.83 bits per heavy atom. The van der Waals surface area contributed by atoms with E-state index in [1.807, 2.05) is 61.7 Å². The molecule has 4 rings (SSSR count). The van der Waals surface area contributed by atoms with Crippen molar-refractivity contribution in [3.05, 3.63) is 71.4 Å². The maximum atomic E-state index is 12.8. The molecule has 1 unspecified atom stereocenters. The van der Waals surface area contributed by atoms with E-state index in [9.17, 15) is 10.1 Å². The summed E-state index contributed by atoms with van der Waals surface area (Å²) in [5.74, 6) is 0.389. The van der Waals surface area contributed by atoms with Crippen LogP contribution in [0, 0.1) is 18.3 Å². The van der Waals surface area contributed by atoms with Gasteiger partial charge >= 0.3 is 0 Å². The van der Waals surface area contributed by atoms with Gasteiger partial charge in [0.25, 0.3) is 5.91 Å². The second-order valence-corrected chi connectivity index (χ2v) is 8.55. The van der Waals surface area contributed by atoms with Gasteiger partial charge in [-0.1, -0.05) is 25.1 Å². The molecule has 1 fully saturated rings. The average molecular weight is 471 g/mol. The third kappa shape index (κ3) is 5.97. The number of rotatable bonds is 9. The van der Waals surface area contributed by atoms with E-state index in [1.54, 1.807) is 10.8 Å². The summed E-state index contributed by atoms with van der Waals surface area (Å²) in [6, 6.07) is 17.7. The summed E-state index contributed by atoms with van der Waals surface area (Å²) in [6.45, 7) is 5.84. The minimum atomic E-state index is -0.415. The first kappa shape index (κ1) is 24.2. The molecule has 1 N–H and O–H groups in total. The van der Waals surface area contributed by atoms with E-state index in [-0.39, 0.29) is 11.7 Å². The number of amides is 1. The van der Waals surface area contributed by atoms with E-state index in [4.69, 9.17) is 14.6 Å². The van der Waals surface area contributed by atoms with Crippen LogP contribution in [-0.4, -0.2) is 41.6 Å². The second-order valence-electron chi connectivity index (χ2n) is 8.55. The highest BCUT2D eigenvalue weighted by Crippen LogP contribution is 2.31. The minimum Gasteiger partial charge on any atom is -0.494 e. The van der Waals surface area contributed by atoms with Crippen LogP contribution in [0.25, 0.3) is 23.0 Å². The molecule has 0 spiro atoms. The van der Waals surface area contributed by atoms with E-state index in [1.165, 1.54) is 0 Å². The first-order valence-electron chi connectivity index (χ1n) is 12.0. The molecule has 35 heavy (non-hydrogen) atoms. The van der Waals surface area contributed by atoms with Gasteiger partial charge in [-0.15, -0.1) is 0 Å². The fraction of sp³-hybridized carbons (Fsp3) is 0.321. The van der Waals surface area contributed by atoms with Gasteiger partial charge in [0, 0.05) is 30.5 Å². The number of aryl methyl sites for hydroxylation is 1. The van der Waals surface area contributed by atoms with Gasteiger partial charge in [-0.05, 0) is 68.2 Å². The number of carbonyl (C=O) groups excluding carboxylic acids is 1. The van der Waals surface area contributed by atoms with E-state index in [2.05, 4.69) is 18.3 Å². The Morgan fingerprint density at radius 1 is 1.31 bits per heavy atom. The number of carbonyl (C=O) groups is 1. The molecule has 1 aromatic heterocycles. The van der Waals surface area contributed by atoms with Crippen molar-refractivity contribution in [1.29, 1.82) is 5.26 Å². The van der Waals surface area contributed by atoms with Gasteiger partial charge in [0.1, 0.15) is 23.1 Å². The summed E-state index contributed by atoms with van der Waals surface area (Å²) in [5.41, 5.74) is 4.18. The lowest BCUT2D eigenvalue weighted by molar-refractivity contribution is -0.117. The molecule has 1 atom stereocenters. The van der Waals surface area contributed by atoms with Gasteiger partial charge in [0.05, 0.1) is 18.4 Å². The topological polar surface area (TPSA) is 89.2 Å². The highest BCUT2D eigenvalue weighted by molar-refractivity contribution is 6.02. The van der Waals surface area contributed by atoms with E-state index < -0.39 is 5.91 Å². The van der Waals surface area contributed by atoms with Gasteiger partial charge in [0.15, 0.2) is 0 Å². The summed E-state index contributed by atoms with van der Waals surface area (Å²) in [7, 11) is 0. The van der Waals surface area contributed by atoms with Crippen LogP contribution in [0.5, 0.6) is 5.75 Å². The normalized spacial score (nSPS) is 15.6. The van der Waals surface area contributed by atoms with Crippen LogP contribution in [0.1, 0.15) is 37.3 Å². The van der Waals surface area contributed by atoms with Crippen LogP contribution in [0.2, 0.25) is 0 Å². The molecule has 7 nitrogen and oxygen atoms in total. The predicted molar refractivity (Wildman–Crippen MR) is 135 cm³/mol. The van der Waals surface area contributed by atoms with Gasteiger partial charge in [-0.2, -0.15) is 10.4 Å². The number of hydrogen-bond acceptors (Lipinski definition) is 5. The van der Waals surface area contributed by atoms with E-state index >= 15 is 0 Å². The van der Waals surface area contributed by atoms with Crippen LogP contribution < -0.4 is 10.1 Å². The van der Waals surface area contributed by atoms with Crippen molar-refractivity contribution in [2.24, 2.45) is 0 Å². The molecule has 2 aromatic carbocycles. The highest BCUT2D eigenvalue weighted by Gasteiger charge is 2.19. The smallest absolute Gasteiger partial charge is 0.262 e. The summed E-state index contributed by atoms with van der Waals surface area (Å²) in [4.78, 5) is 12.8. The molecule has 0 saturated carbocycles. The maximum Gasteiger partial charge on any atom is 0.262 e. The van der Waals surface area contributed by atoms with Crippen LogP contribution in [0.4, 0.5) is 0 Å². The Bertz CT molecular complexity index is 1230. The first-order chi connectivity index (χ1) is 17.1. The number of para-hydroxylation sites is 1. The highest BCUT2D eigenvalue weighted by atomic mass is 16.5. The number of ether oxygens (including phenoxy) is 2. The van der Waals surface area contributed by atoms with Gasteiger partial charge in [0.2, 0.25) is 0 Å². The summed E-state index contributed by atoms with van der Waals surface area (Å²) in [6.07, 6.45) is 6.29. The SMILES string of the molecule is CCCOc1ccc(-c2nn(-c3ccccc3)cc2C=C(C#N)C(=O)NCC2CCCO2)c(C)c1. The lowest BCUT2D eigenvalue weighted by Gasteiger charge is -2.10. The monoisotopic (exact) mass is 470 g/mol. The van der Waals surface area contributed by atoms with Crippen LogP contribution in [0.15, 0.2) is 60.3 Å². The third-order valence-corrected chi connectivity index (χ3v) is 5.87. The van der Waals surface area contributed by atoms with E-state index in [0.29, 0.717) is 31.0 Å². The molecule has 1 aliphatic heterocycles. The molecule has 1 aliphatic rings. The fourth-order valence-electron chi connectivity index (χ4n) is 4.04. The number of aromatic nitrogens is 2. The predicted octanol–water partition coefficient (Wildman–Crippen LogP) is 4.84. The summed E-state index contributed by atoms with van der Waals surface area (Å²) < 4.78 is 13.1. The molecule has 1 saturated heterocycles. The maximum absolute atomic E-state index is 12.8. The standard InChI is InChI=1S/C28H30N4O3/c1-3-13-34-24-11-12-26(20(2)15-24)27-22(19-32(31-27)23-8-5-4-6-9-23)16-21(17-29)28(33)30-18-25-10-7-14-35-25/h4-6,8-9,11-12,15-16,19,25H,3,7,10,13-14,18H2,1-2H3,(H,30,33). The van der Waals surface area contributed by atoms with Crippen molar-refractivity contribution in [1.82, 2.24) is 15.1 Å². The Hall–Kier alpha value is -3.89.